The van der Waals surface area contributed by atoms with E-state index in [0.29, 0.717) is 26.1 Å². The molecule has 0 radical (unpaired) electrons. The number of hydrogen-bond donors (Lipinski definition) is 2. The van der Waals surface area contributed by atoms with Gasteiger partial charge in [-0.25, -0.2) is 0 Å². The highest BCUT2D eigenvalue weighted by Crippen LogP contribution is 2.41. The van der Waals surface area contributed by atoms with E-state index >= 15 is 0 Å². The van der Waals surface area contributed by atoms with E-state index in [1.807, 2.05) is 13.8 Å². The Morgan fingerprint density at radius 1 is 1.39 bits per heavy atom. The predicted octanol–water partition coefficient (Wildman–Crippen LogP) is 1.56. The summed E-state index contributed by atoms with van der Waals surface area (Å²) < 4.78 is 5.21. The Balaban J connectivity index is 2.45. The standard InChI is InChI=1S/C13H23NO4/c1-3-18-9-10(2)14-11(15)8-13(12(16)17)6-4-5-7-13/h10H,3-9H2,1-2H3,(H,14,15)(H,16,17). The van der Waals surface area contributed by atoms with Crippen molar-refractivity contribution in [2.45, 2.75) is 52.0 Å². The maximum atomic E-state index is 11.9. The summed E-state index contributed by atoms with van der Waals surface area (Å²) in [6, 6.07) is -0.0790. The summed E-state index contributed by atoms with van der Waals surface area (Å²) in [6.07, 6.45) is 3.09. The number of aliphatic carboxylic acids is 1. The molecule has 0 saturated heterocycles. The molecule has 2 N–H and O–H groups in total. The fraction of sp³-hybridized carbons (Fsp3) is 0.846. The van der Waals surface area contributed by atoms with Crippen molar-refractivity contribution in [2.75, 3.05) is 13.2 Å². The Labute approximate surface area is 108 Å². The summed E-state index contributed by atoms with van der Waals surface area (Å²) in [5.41, 5.74) is -0.838. The van der Waals surface area contributed by atoms with Crippen LogP contribution >= 0.6 is 0 Å². The van der Waals surface area contributed by atoms with Gasteiger partial charge in [-0.1, -0.05) is 12.8 Å². The molecule has 0 aromatic rings. The van der Waals surface area contributed by atoms with E-state index in [0.717, 1.165) is 12.8 Å². The summed E-state index contributed by atoms with van der Waals surface area (Å²) in [6.45, 7) is 4.82. The Kier molecular flexibility index (Phi) is 5.59. The Morgan fingerprint density at radius 3 is 2.50 bits per heavy atom. The smallest absolute Gasteiger partial charge is 0.310 e. The number of nitrogens with one attached hydrogen (secondary N) is 1. The van der Waals surface area contributed by atoms with E-state index in [2.05, 4.69) is 5.32 Å². The molecule has 0 bridgehead atoms. The molecule has 1 aliphatic carbocycles. The monoisotopic (exact) mass is 257 g/mol. The molecule has 104 valence electrons. The van der Waals surface area contributed by atoms with Crippen molar-refractivity contribution < 1.29 is 19.4 Å². The normalized spacial score (nSPS) is 19.4. The first-order chi connectivity index (χ1) is 8.50. The van der Waals surface area contributed by atoms with E-state index in [-0.39, 0.29) is 18.4 Å². The lowest BCUT2D eigenvalue weighted by atomic mass is 9.82. The minimum absolute atomic E-state index is 0.0790. The molecule has 1 amide bonds. The fourth-order valence-corrected chi connectivity index (χ4v) is 2.49. The number of ether oxygens (including phenoxy) is 1. The maximum Gasteiger partial charge on any atom is 0.310 e. The average Bonchev–Trinajstić information content (AvgIpc) is 2.75. The topological polar surface area (TPSA) is 75.6 Å². The zero-order valence-electron chi connectivity index (χ0n) is 11.2. The number of carbonyl (C=O) groups is 2. The van der Waals surface area contributed by atoms with Crippen molar-refractivity contribution in [1.82, 2.24) is 5.32 Å². The van der Waals surface area contributed by atoms with Crippen molar-refractivity contribution in [3.8, 4) is 0 Å². The van der Waals surface area contributed by atoms with Gasteiger partial charge < -0.3 is 15.2 Å². The SMILES string of the molecule is CCOCC(C)NC(=O)CC1(C(=O)O)CCCC1. The molecule has 0 aliphatic heterocycles. The van der Waals surface area contributed by atoms with Crippen molar-refractivity contribution in [3.63, 3.8) is 0 Å². The van der Waals surface area contributed by atoms with Crippen LogP contribution in [0.15, 0.2) is 0 Å². The van der Waals surface area contributed by atoms with E-state index in [4.69, 9.17) is 4.74 Å². The van der Waals surface area contributed by atoms with Crippen LogP contribution in [0.1, 0.15) is 46.0 Å². The number of rotatable bonds is 7. The third kappa shape index (κ3) is 3.98. The molecule has 0 aromatic heterocycles. The van der Waals surface area contributed by atoms with Gasteiger partial charge in [0, 0.05) is 19.1 Å². The van der Waals surface area contributed by atoms with Crippen LogP contribution in [-0.2, 0) is 14.3 Å². The highest BCUT2D eigenvalue weighted by Gasteiger charge is 2.43. The van der Waals surface area contributed by atoms with Gasteiger partial charge in [0.15, 0.2) is 0 Å². The van der Waals surface area contributed by atoms with Gasteiger partial charge in [-0.05, 0) is 26.7 Å². The minimum atomic E-state index is -0.840. The Hall–Kier alpha value is -1.10. The quantitative estimate of drug-likeness (QED) is 0.725. The molecular weight excluding hydrogens is 234 g/mol. The summed E-state index contributed by atoms with van der Waals surface area (Å²) in [5, 5.41) is 12.1. The highest BCUT2D eigenvalue weighted by molar-refractivity contribution is 5.85. The van der Waals surface area contributed by atoms with Crippen molar-refractivity contribution in [1.29, 1.82) is 0 Å². The summed E-state index contributed by atoms with van der Waals surface area (Å²) in [5.74, 6) is -1.03. The molecule has 5 heteroatoms. The molecule has 1 fully saturated rings. The average molecular weight is 257 g/mol. The minimum Gasteiger partial charge on any atom is -0.481 e. The van der Waals surface area contributed by atoms with Crippen molar-refractivity contribution in [2.24, 2.45) is 5.41 Å². The van der Waals surface area contributed by atoms with Gasteiger partial charge in [0.1, 0.15) is 0 Å². The van der Waals surface area contributed by atoms with Crippen LogP contribution < -0.4 is 5.32 Å². The second kappa shape index (κ2) is 6.73. The molecular formula is C13H23NO4. The lowest BCUT2D eigenvalue weighted by Gasteiger charge is -2.24. The van der Waals surface area contributed by atoms with E-state index < -0.39 is 11.4 Å². The van der Waals surface area contributed by atoms with E-state index in [1.165, 1.54) is 0 Å². The van der Waals surface area contributed by atoms with Crippen molar-refractivity contribution in [3.05, 3.63) is 0 Å². The summed E-state index contributed by atoms with van der Waals surface area (Å²) >= 11 is 0. The van der Waals surface area contributed by atoms with Gasteiger partial charge in [-0.3, -0.25) is 9.59 Å². The first-order valence-electron chi connectivity index (χ1n) is 6.60. The fourth-order valence-electron chi connectivity index (χ4n) is 2.49. The Bertz CT molecular complexity index is 297. The lowest BCUT2D eigenvalue weighted by molar-refractivity contribution is -0.151. The van der Waals surface area contributed by atoms with Crippen LogP contribution in [0.4, 0.5) is 0 Å². The number of carboxylic acids is 1. The number of amides is 1. The zero-order valence-corrected chi connectivity index (χ0v) is 11.2. The van der Waals surface area contributed by atoms with Gasteiger partial charge in [-0.2, -0.15) is 0 Å². The number of hydrogen-bond acceptors (Lipinski definition) is 3. The van der Waals surface area contributed by atoms with Gasteiger partial charge in [0.25, 0.3) is 0 Å². The molecule has 18 heavy (non-hydrogen) atoms. The lowest BCUT2D eigenvalue weighted by Crippen LogP contribution is -2.40. The van der Waals surface area contributed by atoms with Crippen LogP contribution in [0.25, 0.3) is 0 Å². The summed E-state index contributed by atoms with van der Waals surface area (Å²) in [7, 11) is 0. The van der Waals surface area contributed by atoms with Gasteiger partial charge in [0.05, 0.1) is 12.0 Å². The highest BCUT2D eigenvalue weighted by atomic mass is 16.5. The van der Waals surface area contributed by atoms with Crippen LogP contribution in [0.5, 0.6) is 0 Å². The van der Waals surface area contributed by atoms with E-state index in [9.17, 15) is 14.7 Å². The number of carbonyl (C=O) groups excluding carboxylic acids is 1. The van der Waals surface area contributed by atoms with Crippen LogP contribution in [0.3, 0.4) is 0 Å². The van der Waals surface area contributed by atoms with Crippen LogP contribution in [-0.4, -0.2) is 36.2 Å². The second-order valence-electron chi connectivity index (χ2n) is 5.10. The van der Waals surface area contributed by atoms with Gasteiger partial charge >= 0.3 is 5.97 Å². The molecule has 1 aliphatic rings. The van der Waals surface area contributed by atoms with Crippen LogP contribution in [0, 0.1) is 5.41 Å². The molecule has 0 aromatic carbocycles. The molecule has 1 saturated carbocycles. The zero-order chi connectivity index (χ0) is 13.6. The maximum absolute atomic E-state index is 11.9. The molecule has 0 spiro atoms. The predicted molar refractivity (Wildman–Crippen MR) is 67.3 cm³/mol. The molecule has 5 nitrogen and oxygen atoms in total. The first kappa shape index (κ1) is 15.0. The second-order valence-corrected chi connectivity index (χ2v) is 5.10. The summed E-state index contributed by atoms with van der Waals surface area (Å²) in [4.78, 5) is 23.2. The van der Waals surface area contributed by atoms with Gasteiger partial charge in [0.2, 0.25) is 5.91 Å². The van der Waals surface area contributed by atoms with Crippen molar-refractivity contribution >= 4 is 11.9 Å². The first-order valence-corrected chi connectivity index (χ1v) is 6.60. The molecule has 1 atom stereocenters. The Morgan fingerprint density at radius 2 is 2.00 bits per heavy atom. The van der Waals surface area contributed by atoms with Crippen LogP contribution in [0.2, 0.25) is 0 Å². The van der Waals surface area contributed by atoms with E-state index in [1.54, 1.807) is 0 Å². The molecule has 1 rings (SSSR count). The third-order valence-corrected chi connectivity index (χ3v) is 3.49. The largest absolute Gasteiger partial charge is 0.481 e. The number of carboxylic acid groups (broad SMARTS) is 1. The molecule has 1 unspecified atom stereocenters. The molecule has 0 heterocycles. The third-order valence-electron chi connectivity index (χ3n) is 3.49. The van der Waals surface area contributed by atoms with Gasteiger partial charge in [-0.15, -0.1) is 0 Å².